The van der Waals surface area contributed by atoms with Crippen LogP contribution >= 0.6 is 0 Å². The second-order valence-corrected chi connectivity index (χ2v) is 2.89. The van der Waals surface area contributed by atoms with E-state index >= 15 is 0 Å². The van der Waals surface area contributed by atoms with E-state index < -0.39 is 0 Å². The number of benzene rings is 1. The zero-order chi connectivity index (χ0) is 9.68. The zero-order valence-electron chi connectivity index (χ0n) is 7.99. The lowest BCUT2D eigenvalue weighted by molar-refractivity contribution is 0.581. The standard InChI is InChI=1S/C10H15N3/c1-3-12-10(13-11)9-6-4-8(2)5-7-9/h3-7,10,13H,11H2,1-2H3/b12-3+. The highest BCUT2D eigenvalue weighted by atomic mass is 15.3. The van der Waals surface area contributed by atoms with Gasteiger partial charge in [-0.25, -0.2) is 5.43 Å². The molecule has 1 unspecified atom stereocenters. The van der Waals surface area contributed by atoms with Gasteiger partial charge in [0.25, 0.3) is 0 Å². The molecule has 0 spiro atoms. The number of nitrogens with zero attached hydrogens (tertiary/aromatic N) is 1. The van der Waals surface area contributed by atoms with Crippen LogP contribution in [0.3, 0.4) is 0 Å². The van der Waals surface area contributed by atoms with E-state index in [0.29, 0.717) is 0 Å². The molecule has 1 aromatic carbocycles. The maximum absolute atomic E-state index is 5.37. The van der Waals surface area contributed by atoms with Gasteiger partial charge in [-0.1, -0.05) is 29.8 Å². The van der Waals surface area contributed by atoms with Crippen molar-refractivity contribution in [1.82, 2.24) is 5.43 Å². The average Bonchev–Trinajstić information content (AvgIpc) is 2.16. The van der Waals surface area contributed by atoms with Gasteiger partial charge in [-0.3, -0.25) is 10.8 Å². The summed E-state index contributed by atoms with van der Waals surface area (Å²) in [5, 5.41) is 0. The van der Waals surface area contributed by atoms with E-state index in [2.05, 4.69) is 17.3 Å². The Bertz CT molecular complexity index is 277. The number of hydrazine groups is 1. The minimum Gasteiger partial charge on any atom is -0.273 e. The minimum absolute atomic E-state index is 0.134. The Morgan fingerprint density at radius 3 is 2.46 bits per heavy atom. The largest absolute Gasteiger partial charge is 0.273 e. The quantitative estimate of drug-likeness (QED) is 0.418. The Morgan fingerprint density at radius 2 is 2.00 bits per heavy atom. The van der Waals surface area contributed by atoms with Gasteiger partial charge in [0.15, 0.2) is 0 Å². The number of hydrogen-bond acceptors (Lipinski definition) is 3. The Balaban J connectivity index is 2.85. The van der Waals surface area contributed by atoms with Crippen molar-refractivity contribution in [3.8, 4) is 0 Å². The van der Waals surface area contributed by atoms with E-state index in [-0.39, 0.29) is 6.17 Å². The molecule has 70 valence electrons. The smallest absolute Gasteiger partial charge is 0.137 e. The number of nitrogens with one attached hydrogen (secondary N) is 1. The predicted molar refractivity (Wildman–Crippen MR) is 55.4 cm³/mol. The van der Waals surface area contributed by atoms with E-state index in [1.165, 1.54) is 5.56 Å². The third kappa shape index (κ3) is 2.65. The van der Waals surface area contributed by atoms with Gasteiger partial charge in [0.2, 0.25) is 0 Å². The predicted octanol–water partition coefficient (Wildman–Crippen LogP) is 1.55. The van der Waals surface area contributed by atoms with Crippen LogP contribution in [0.2, 0.25) is 0 Å². The van der Waals surface area contributed by atoms with Gasteiger partial charge in [-0.15, -0.1) is 0 Å². The van der Waals surface area contributed by atoms with E-state index in [1.807, 2.05) is 31.2 Å². The van der Waals surface area contributed by atoms with E-state index in [0.717, 1.165) is 5.56 Å². The van der Waals surface area contributed by atoms with Crippen LogP contribution in [-0.4, -0.2) is 6.21 Å². The molecule has 0 bridgehead atoms. The monoisotopic (exact) mass is 177 g/mol. The molecule has 0 aliphatic rings. The number of rotatable bonds is 3. The molecule has 0 aliphatic carbocycles. The van der Waals surface area contributed by atoms with Crippen LogP contribution in [0, 0.1) is 6.92 Å². The molecule has 0 aromatic heterocycles. The second-order valence-electron chi connectivity index (χ2n) is 2.89. The maximum atomic E-state index is 5.37. The van der Waals surface area contributed by atoms with Gasteiger partial charge in [-0.05, 0) is 25.6 Å². The van der Waals surface area contributed by atoms with Crippen molar-refractivity contribution >= 4 is 6.21 Å². The maximum Gasteiger partial charge on any atom is 0.137 e. The summed E-state index contributed by atoms with van der Waals surface area (Å²) in [4.78, 5) is 4.18. The summed E-state index contributed by atoms with van der Waals surface area (Å²) in [5.41, 5.74) is 4.95. The SMILES string of the molecule is C/C=N/C(NN)c1ccc(C)cc1. The minimum atomic E-state index is -0.134. The molecular weight excluding hydrogens is 162 g/mol. The highest BCUT2D eigenvalue weighted by Crippen LogP contribution is 2.13. The van der Waals surface area contributed by atoms with Gasteiger partial charge in [0.1, 0.15) is 6.17 Å². The highest BCUT2D eigenvalue weighted by molar-refractivity contribution is 5.53. The Morgan fingerprint density at radius 1 is 1.38 bits per heavy atom. The van der Waals surface area contributed by atoms with Crippen LogP contribution in [-0.2, 0) is 0 Å². The molecule has 0 fully saturated rings. The van der Waals surface area contributed by atoms with Crippen LogP contribution in [0.1, 0.15) is 24.2 Å². The third-order valence-corrected chi connectivity index (χ3v) is 1.85. The van der Waals surface area contributed by atoms with Crippen molar-refractivity contribution in [2.45, 2.75) is 20.0 Å². The topological polar surface area (TPSA) is 50.4 Å². The van der Waals surface area contributed by atoms with Crippen molar-refractivity contribution in [2.75, 3.05) is 0 Å². The fourth-order valence-corrected chi connectivity index (χ4v) is 1.12. The molecule has 3 nitrogen and oxygen atoms in total. The lowest BCUT2D eigenvalue weighted by atomic mass is 10.1. The van der Waals surface area contributed by atoms with Crippen molar-refractivity contribution in [1.29, 1.82) is 0 Å². The molecule has 1 aromatic rings. The van der Waals surface area contributed by atoms with Crippen LogP contribution in [0.5, 0.6) is 0 Å². The molecule has 0 amide bonds. The number of aliphatic imine (C=N–C) groups is 1. The van der Waals surface area contributed by atoms with Crippen molar-refractivity contribution in [3.05, 3.63) is 35.4 Å². The molecule has 3 heteroatoms. The van der Waals surface area contributed by atoms with Gasteiger partial charge in [-0.2, -0.15) is 0 Å². The first-order valence-corrected chi connectivity index (χ1v) is 4.28. The van der Waals surface area contributed by atoms with Crippen LogP contribution < -0.4 is 11.3 Å². The average molecular weight is 177 g/mol. The molecule has 1 atom stereocenters. The summed E-state index contributed by atoms with van der Waals surface area (Å²) in [6, 6.07) is 8.13. The molecule has 0 aliphatic heterocycles. The first kappa shape index (κ1) is 9.89. The second kappa shape index (κ2) is 4.74. The summed E-state index contributed by atoms with van der Waals surface area (Å²) >= 11 is 0. The summed E-state index contributed by atoms with van der Waals surface area (Å²) in [6.07, 6.45) is 1.61. The Labute approximate surface area is 78.6 Å². The molecule has 0 heterocycles. The Kier molecular flexibility index (Phi) is 3.61. The van der Waals surface area contributed by atoms with Gasteiger partial charge >= 0.3 is 0 Å². The Hall–Kier alpha value is -1.19. The van der Waals surface area contributed by atoms with Gasteiger partial charge < -0.3 is 0 Å². The van der Waals surface area contributed by atoms with Gasteiger partial charge in [0, 0.05) is 0 Å². The lowest BCUT2D eigenvalue weighted by Gasteiger charge is -2.10. The van der Waals surface area contributed by atoms with E-state index in [1.54, 1.807) is 6.21 Å². The molecule has 1 rings (SSSR count). The van der Waals surface area contributed by atoms with Gasteiger partial charge in [0.05, 0.1) is 0 Å². The zero-order valence-corrected chi connectivity index (χ0v) is 7.99. The first-order chi connectivity index (χ1) is 6.27. The van der Waals surface area contributed by atoms with Crippen molar-refractivity contribution in [3.63, 3.8) is 0 Å². The first-order valence-electron chi connectivity index (χ1n) is 4.28. The number of aryl methyl sites for hydroxylation is 1. The van der Waals surface area contributed by atoms with Crippen LogP contribution in [0.25, 0.3) is 0 Å². The molecule has 3 N–H and O–H groups in total. The molecule has 13 heavy (non-hydrogen) atoms. The number of hydrogen-bond donors (Lipinski definition) is 2. The van der Waals surface area contributed by atoms with Crippen LogP contribution in [0.15, 0.2) is 29.3 Å². The molecule has 0 saturated carbocycles. The highest BCUT2D eigenvalue weighted by Gasteiger charge is 2.04. The van der Waals surface area contributed by atoms with Crippen molar-refractivity contribution < 1.29 is 0 Å². The van der Waals surface area contributed by atoms with Crippen LogP contribution in [0.4, 0.5) is 0 Å². The summed E-state index contributed by atoms with van der Waals surface area (Å²) < 4.78 is 0. The fraction of sp³-hybridized carbons (Fsp3) is 0.300. The summed E-state index contributed by atoms with van der Waals surface area (Å²) in [7, 11) is 0. The summed E-state index contributed by atoms with van der Waals surface area (Å²) in [5.74, 6) is 5.37. The summed E-state index contributed by atoms with van der Waals surface area (Å²) in [6.45, 7) is 3.93. The van der Waals surface area contributed by atoms with E-state index in [4.69, 9.17) is 5.84 Å². The third-order valence-electron chi connectivity index (χ3n) is 1.85. The number of nitrogens with two attached hydrogens (primary N) is 1. The molecule has 0 radical (unpaired) electrons. The molecular formula is C10H15N3. The normalized spacial score (nSPS) is 13.5. The van der Waals surface area contributed by atoms with Crippen molar-refractivity contribution in [2.24, 2.45) is 10.8 Å². The van der Waals surface area contributed by atoms with E-state index in [9.17, 15) is 0 Å². The lowest BCUT2D eigenvalue weighted by Crippen LogP contribution is -2.26. The fourth-order valence-electron chi connectivity index (χ4n) is 1.12. The molecule has 0 saturated heterocycles.